The van der Waals surface area contributed by atoms with Crippen molar-refractivity contribution in [2.75, 3.05) is 6.61 Å². The lowest BCUT2D eigenvalue weighted by Crippen LogP contribution is -2.40. The summed E-state index contributed by atoms with van der Waals surface area (Å²) in [5, 5.41) is 9.31. The molecule has 1 aromatic heterocycles. The molecule has 3 N–H and O–H groups in total. The third-order valence-corrected chi connectivity index (χ3v) is 5.04. The molecule has 0 aliphatic rings. The summed E-state index contributed by atoms with van der Waals surface area (Å²) in [6, 6.07) is 24.5. The van der Waals surface area contributed by atoms with E-state index in [0.29, 0.717) is 12.3 Å². The zero-order valence-electron chi connectivity index (χ0n) is 15.9. The van der Waals surface area contributed by atoms with Crippen LogP contribution in [0.3, 0.4) is 0 Å². The molecule has 0 saturated carbocycles. The monoisotopic (exact) mass is 372 g/mol. The maximum atomic E-state index is 9.31. The van der Waals surface area contributed by atoms with Crippen LogP contribution in [0.25, 0.3) is 33.7 Å². The second-order valence-electron chi connectivity index (χ2n) is 7.58. The summed E-state index contributed by atoms with van der Waals surface area (Å²) in [6.07, 6.45) is 1.50. The van der Waals surface area contributed by atoms with E-state index in [0.717, 1.165) is 34.2 Å². The van der Waals surface area contributed by atoms with Gasteiger partial charge >= 0.3 is 0 Å². The first-order chi connectivity index (χ1) is 13.5. The van der Waals surface area contributed by atoms with Crippen molar-refractivity contribution in [1.29, 1.82) is 0 Å². The lowest BCUT2D eigenvalue weighted by molar-refractivity contribution is 0.200. The Morgan fingerprint density at radius 3 is 2.32 bits per heavy atom. The third kappa shape index (κ3) is 3.98. The van der Waals surface area contributed by atoms with Crippen LogP contribution in [0, 0.1) is 0 Å². The molecule has 0 saturated heterocycles. The number of oxazole rings is 1. The van der Waals surface area contributed by atoms with Crippen molar-refractivity contribution in [3.05, 3.63) is 78.4 Å². The predicted molar refractivity (Wildman–Crippen MR) is 113 cm³/mol. The number of rotatable bonds is 6. The number of nitrogens with two attached hydrogens (primary N) is 1. The number of aromatic nitrogens is 1. The van der Waals surface area contributed by atoms with E-state index < -0.39 is 5.54 Å². The fraction of sp³-hybridized carbons (Fsp3) is 0.208. The Morgan fingerprint density at radius 1 is 0.929 bits per heavy atom. The van der Waals surface area contributed by atoms with Gasteiger partial charge < -0.3 is 15.3 Å². The van der Waals surface area contributed by atoms with Crippen molar-refractivity contribution in [2.45, 2.75) is 25.3 Å². The van der Waals surface area contributed by atoms with Gasteiger partial charge in [-0.3, -0.25) is 0 Å². The molecule has 4 aromatic rings. The van der Waals surface area contributed by atoms with Gasteiger partial charge in [0.2, 0.25) is 5.89 Å². The molecule has 0 radical (unpaired) electrons. The lowest BCUT2D eigenvalue weighted by Gasteiger charge is -2.21. The van der Waals surface area contributed by atoms with E-state index in [1.54, 1.807) is 0 Å². The first-order valence-electron chi connectivity index (χ1n) is 9.49. The van der Waals surface area contributed by atoms with Crippen molar-refractivity contribution < 1.29 is 9.52 Å². The minimum absolute atomic E-state index is 0.0255. The van der Waals surface area contributed by atoms with E-state index in [1.807, 2.05) is 55.5 Å². The highest BCUT2D eigenvalue weighted by molar-refractivity contribution is 5.77. The maximum absolute atomic E-state index is 9.31. The van der Waals surface area contributed by atoms with E-state index in [2.05, 4.69) is 29.2 Å². The van der Waals surface area contributed by atoms with Crippen molar-refractivity contribution >= 4 is 11.1 Å². The molecule has 0 aliphatic heterocycles. The summed E-state index contributed by atoms with van der Waals surface area (Å²) in [4.78, 5) is 4.66. The molecular weight excluding hydrogens is 348 g/mol. The van der Waals surface area contributed by atoms with Crippen LogP contribution >= 0.6 is 0 Å². The Balaban J connectivity index is 1.56. The minimum atomic E-state index is -0.565. The largest absolute Gasteiger partial charge is 0.436 e. The Morgan fingerprint density at radius 2 is 1.61 bits per heavy atom. The number of fused-ring (bicyclic) bond motifs is 1. The van der Waals surface area contributed by atoms with Crippen LogP contribution in [0.1, 0.15) is 18.9 Å². The fourth-order valence-electron chi connectivity index (χ4n) is 3.20. The zero-order chi connectivity index (χ0) is 19.6. The van der Waals surface area contributed by atoms with Gasteiger partial charge in [0.25, 0.3) is 0 Å². The number of aliphatic hydroxyl groups excluding tert-OH is 1. The predicted octanol–water partition coefficient (Wildman–Crippen LogP) is 4.80. The van der Waals surface area contributed by atoms with Crippen LogP contribution in [0.5, 0.6) is 0 Å². The van der Waals surface area contributed by atoms with Crippen LogP contribution < -0.4 is 5.73 Å². The molecule has 0 spiro atoms. The van der Waals surface area contributed by atoms with Crippen LogP contribution in [0.4, 0.5) is 0 Å². The van der Waals surface area contributed by atoms with E-state index in [9.17, 15) is 5.11 Å². The molecule has 0 bridgehead atoms. The summed E-state index contributed by atoms with van der Waals surface area (Å²) in [5.41, 5.74) is 11.5. The summed E-state index contributed by atoms with van der Waals surface area (Å²) < 4.78 is 5.95. The third-order valence-electron chi connectivity index (χ3n) is 5.04. The van der Waals surface area contributed by atoms with Crippen molar-refractivity contribution in [1.82, 2.24) is 4.98 Å². The van der Waals surface area contributed by atoms with Crippen LogP contribution in [0.2, 0.25) is 0 Å². The molecule has 28 heavy (non-hydrogen) atoms. The molecule has 4 rings (SSSR count). The summed E-state index contributed by atoms with van der Waals surface area (Å²) in [5.74, 6) is 0.616. The Kier molecular flexibility index (Phi) is 4.99. The molecule has 4 nitrogen and oxygen atoms in total. The van der Waals surface area contributed by atoms with Crippen molar-refractivity contribution in [2.24, 2.45) is 5.73 Å². The van der Waals surface area contributed by atoms with Gasteiger partial charge in [-0.05, 0) is 60.7 Å². The summed E-state index contributed by atoms with van der Waals surface area (Å²) in [7, 11) is 0. The number of hydrogen-bond donors (Lipinski definition) is 2. The van der Waals surface area contributed by atoms with Gasteiger partial charge in [-0.15, -0.1) is 0 Å². The van der Waals surface area contributed by atoms with Gasteiger partial charge in [0.15, 0.2) is 5.58 Å². The van der Waals surface area contributed by atoms with Crippen LogP contribution in [0.15, 0.2) is 77.2 Å². The molecular formula is C24H24N2O2. The SMILES string of the molecule is CC(N)(CO)CCc1ccc2oc(-c3ccc(-c4ccccc4)cc3)nc2c1. The topological polar surface area (TPSA) is 72.3 Å². The second kappa shape index (κ2) is 7.58. The van der Waals surface area contributed by atoms with Crippen molar-refractivity contribution in [3.8, 4) is 22.6 Å². The number of hydrogen-bond acceptors (Lipinski definition) is 4. The van der Waals surface area contributed by atoms with Crippen LogP contribution in [-0.2, 0) is 6.42 Å². The van der Waals surface area contributed by atoms with Gasteiger partial charge in [-0.2, -0.15) is 0 Å². The standard InChI is InChI=1S/C24H24N2O2/c1-24(25,16-27)14-13-17-7-12-22-21(15-17)26-23(28-22)20-10-8-19(9-11-20)18-5-3-2-4-6-18/h2-12,15,27H,13-14,16,25H2,1H3. The molecule has 142 valence electrons. The van der Waals surface area contributed by atoms with E-state index in [4.69, 9.17) is 10.2 Å². The number of nitrogens with zero attached hydrogens (tertiary/aromatic N) is 1. The number of aryl methyl sites for hydroxylation is 1. The number of benzene rings is 3. The zero-order valence-corrected chi connectivity index (χ0v) is 15.9. The van der Waals surface area contributed by atoms with Gasteiger partial charge in [-0.1, -0.05) is 48.5 Å². The number of aliphatic hydroxyl groups is 1. The average molecular weight is 372 g/mol. The first-order valence-corrected chi connectivity index (χ1v) is 9.49. The normalized spacial score (nSPS) is 13.5. The molecule has 1 heterocycles. The molecule has 0 fully saturated rings. The molecule has 1 unspecified atom stereocenters. The summed E-state index contributed by atoms with van der Waals surface area (Å²) >= 11 is 0. The smallest absolute Gasteiger partial charge is 0.227 e. The highest BCUT2D eigenvalue weighted by Gasteiger charge is 2.17. The van der Waals surface area contributed by atoms with E-state index >= 15 is 0 Å². The maximum Gasteiger partial charge on any atom is 0.227 e. The van der Waals surface area contributed by atoms with Crippen LogP contribution in [-0.4, -0.2) is 22.2 Å². The van der Waals surface area contributed by atoms with E-state index in [-0.39, 0.29) is 6.61 Å². The fourth-order valence-corrected chi connectivity index (χ4v) is 3.20. The molecule has 0 amide bonds. The highest BCUT2D eigenvalue weighted by Crippen LogP contribution is 2.28. The summed E-state index contributed by atoms with van der Waals surface area (Å²) in [6.45, 7) is 1.83. The second-order valence-corrected chi connectivity index (χ2v) is 7.58. The Hall–Kier alpha value is -2.95. The molecule has 0 aliphatic carbocycles. The van der Waals surface area contributed by atoms with Gasteiger partial charge in [-0.25, -0.2) is 4.98 Å². The molecule has 1 atom stereocenters. The average Bonchev–Trinajstić information content (AvgIpc) is 3.16. The molecule has 3 aromatic carbocycles. The van der Waals surface area contributed by atoms with E-state index in [1.165, 1.54) is 5.56 Å². The highest BCUT2D eigenvalue weighted by atomic mass is 16.3. The molecule has 4 heteroatoms. The first kappa shape index (κ1) is 18.4. The van der Waals surface area contributed by atoms with Gasteiger partial charge in [0, 0.05) is 11.1 Å². The Labute approximate surface area is 164 Å². The van der Waals surface area contributed by atoms with Gasteiger partial charge in [0.05, 0.1) is 6.61 Å². The van der Waals surface area contributed by atoms with Gasteiger partial charge in [0.1, 0.15) is 5.52 Å². The van der Waals surface area contributed by atoms with Crippen molar-refractivity contribution in [3.63, 3.8) is 0 Å². The Bertz CT molecular complexity index is 1070. The lowest BCUT2D eigenvalue weighted by atomic mass is 9.95. The quantitative estimate of drug-likeness (QED) is 0.510. The minimum Gasteiger partial charge on any atom is -0.436 e.